The molecule has 29 heavy (non-hydrogen) atoms. The molecule has 154 valence electrons. The zero-order valence-corrected chi connectivity index (χ0v) is 19.5. The fourth-order valence-corrected chi connectivity index (χ4v) is 3.87. The minimum absolute atomic E-state index is 0. The van der Waals surface area contributed by atoms with E-state index in [-0.39, 0.29) is 12.3 Å². The summed E-state index contributed by atoms with van der Waals surface area (Å²) in [5, 5.41) is 0. The summed E-state index contributed by atoms with van der Waals surface area (Å²) in [6, 6.07) is 23.3. The van der Waals surface area contributed by atoms with Crippen LogP contribution in [0.3, 0.4) is 0 Å². The molecule has 1 N–H and O–H groups in total. The van der Waals surface area contributed by atoms with Gasteiger partial charge in [-0.05, 0) is 19.1 Å². The number of aryl methyl sites for hydroxylation is 1. The van der Waals surface area contributed by atoms with Gasteiger partial charge in [0.25, 0.3) is 0 Å². The summed E-state index contributed by atoms with van der Waals surface area (Å²) >= 11 is 1.82. The molecule has 3 aromatic carbocycles. The molecular formula is C22H23ClN2O2RuS. The first-order valence-corrected chi connectivity index (χ1v) is 12.1. The molecule has 0 fully saturated rings. The standard InChI is InChI=1S/C21H20N2O2S.CH3.ClH.Ru/c1-16-12-14-19(15-13-16)26(24,25)23-21(18-10-6-3-7-11-18)20(22)17-8-4-2-5-9-17;;;/h2-15,20-22H,1H3;1H3;1H;/q-2;-1;;+4/p-1/t20-,21+;;;/m0.../s1. The molecule has 0 bridgehead atoms. The molecule has 0 amide bonds. The monoisotopic (exact) mass is 516 g/mol. The molecule has 0 aliphatic rings. The van der Waals surface area contributed by atoms with Crippen molar-refractivity contribution in [3.8, 4) is 0 Å². The molecule has 2 atom stereocenters. The van der Waals surface area contributed by atoms with Crippen LogP contribution in [0.2, 0.25) is 0 Å². The molecule has 0 aliphatic carbocycles. The fourth-order valence-electron chi connectivity index (χ4n) is 2.73. The molecule has 0 radical (unpaired) electrons. The Morgan fingerprint density at radius 3 is 1.76 bits per heavy atom. The van der Waals surface area contributed by atoms with Gasteiger partial charge < -0.3 is 17.9 Å². The third-order valence-electron chi connectivity index (χ3n) is 4.19. The van der Waals surface area contributed by atoms with Crippen LogP contribution in [0.15, 0.2) is 89.8 Å². The predicted molar refractivity (Wildman–Crippen MR) is 117 cm³/mol. The third-order valence-corrected chi connectivity index (χ3v) is 5.56. The van der Waals surface area contributed by atoms with E-state index in [1.165, 1.54) is 0 Å². The van der Waals surface area contributed by atoms with Crippen LogP contribution in [0.4, 0.5) is 0 Å². The second kappa shape index (κ2) is 12.2. The summed E-state index contributed by atoms with van der Waals surface area (Å²) in [5.41, 5.74) is 11.0. The Morgan fingerprint density at radius 1 is 0.828 bits per heavy atom. The SMILES string of the molecule is Cc1ccc(S(=O)(=O)[N-][C@H](c2ccccc2)[C@@H]([NH-])c2ccccc2)cc1.[CH3-].[Cl][Ru+3]. The van der Waals surface area contributed by atoms with Gasteiger partial charge in [0, 0.05) is 4.90 Å². The van der Waals surface area contributed by atoms with Crippen LogP contribution in [0, 0.1) is 14.4 Å². The van der Waals surface area contributed by atoms with E-state index in [0.717, 1.165) is 11.1 Å². The van der Waals surface area contributed by atoms with Crippen molar-refractivity contribution in [2.75, 3.05) is 0 Å². The fraction of sp³-hybridized carbons (Fsp3) is 0.136. The number of nitrogens with one attached hydrogen (secondary N) is 1. The Labute approximate surface area is 188 Å². The van der Waals surface area contributed by atoms with Gasteiger partial charge in [0.1, 0.15) is 10.0 Å². The van der Waals surface area contributed by atoms with Crippen molar-refractivity contribution in [3.63, 3.8) is 0 Å². The zero-order chi connectivity index (χ0) is 20.6. The van der Waals surface area contributed by atoms with Gasteiger partial charge in [-0.3, -0.25) is 0 Å². The second-order valence-corrected chi connectivity index (χ2v) is 7.77. The molecule has 0 heterocycles. The number of halogens is 1. The first kappa shape index (κ1) is 25.5. The average molecular weight is 516 g/mol. The molecule has 0 saturated carbocycles. The van der Waals surface area contributed by atoms with Gasteiger partial charge >= 0.3 is 27.0 Å². The molecular weight excluding hydrogens is 493 g/mol. The second-order valence-electron chi connectivity index (χ2n) is 6.14. The summed E-state index contributed by atoms with van der Waals surface area (Å²) in [5.74, 6) is 0. The minimum atomic E-state index is -3.87. The Hall–Kier alpha value is -1.56. The topological polar surface area (TPSA) is 72.0 Å². The molecule has 0 aromatic heterocycles. The summed E-state index contributed by atoms with van der Waals surface area (Å²) in [4.78, 5) is 0.143. The van der Waals surface area contributed by atoms with E-state index in [1.807, 2.05) is 84.9 Å². The molecule has 3 aromatic rings. The molecule has 7 heteroatoms. The number of hydrogen-bond acceptors (Lipinski definition) is 2. The van der Waals surface area contributed by atoms with Crippen LogP contribution in [-0.4, -0.2) is 8.42 Å². The quantitative estimate of drug-likeness (QED) is 0.270. The van der Waals surface area contributed by atoms with E-state index in [4.69, 9.17) is 5.73 Å². The number of sulfonamides is 1. The van der Waals surface area contributed by atoms with E-state index in [2.05, 4.69) is 14.4 Å². The summed E-state index contributed by atoms with van der Waals surface area (Å²) in [6.07, 6.45) is 0. The summed E-state index contributed by atoms with van der Waals surface area (Å²) < 4.78 is 29.8. The van der Waals surface area contributed by atoms with Gasteiger partial charge in [-0.15, -0.1) is 12.1 Å². The Morgan fingerprint density at radius 2 is 1.28 bits per heavy atom. The van der Waals surface area contributed by atoms with Crippen LogP contribution in [0.25, 0.3) is 10.5 Å². The van der Waals surface area contributed by atoms with Crippen molar-refractivity contribution in [1.82, 2.24) is 0 Å². The van der Waals surface area contributed by atoms with Crippen molar-refractivity contribution in [3.05, 3.63) is 120 Å². The van der Waals surface area contributed by atoms with Gasteiger partial charge in [0.05, 0.1) is 0 Å². The van der Waals surface area contributed by atoms with E-state index < -0.39 is 22.1 Å². The van der Waals surface area contributed by atoms with Gasteiger partial charge in [0.15, 0.2) is 0 Å². The molecule has 0 unspecified atom stereocenters. The third kappa shape index (κ3) is 7.02. The van der Waals surface area contributed by atoms with Crippen LogP contribution in [0.5, 0.6) is 0 Å². The predicted octanol–water partition coefficient (Wildman–Crippen LogP) is 6.73. The zero-order valence-electron chi connectivity index (χ0n) is 16.1. The van der Waals surface area contributed by atoms with E-state index in [0.29, 0.717) is 5.56 Å². The number of rotatable bonds is 6. The molecule has 3 rings (SSSR count). The Balaban J connectivity index is 0.00000136. The summed E-state index contributed by atoms with van der Waals surface area (Å²) in [7, 11) is 0.696. The van der Waals surface area contributed by atoms with Gasteiger partial charge in [-0.2, -0.15) is 0 Å². The molecule has 0 spiro atoms. The van der Waals surface area contributed by atoms with Crippen LogP contribution < -0.4 is 0 Å². The normalized spacial score (nSPS) is 12.7. The number of benzene rings is 3. The van der Waals surface area contributed by atoms with Crippen LogP contribution >= 0.6 is 9.69 Å². The Bertz CT molecular complexity index is 953. The van der Waals surface area contributed by atoms with Gasteiger partial charge in [-0.25, -0.2) is 8.42 Å². The number of nitrogens with zero attached hydrogens (tertiary/aromatic N) is 1. The van der Waals surface area contributed by atoms with Crippen LogP contribution in [0.1, 0.15) is 28.8 Å². The van der Waals surface area contributed by atoms with Crippen molar-refractivity contribution in [2.45, 2.75) is 23.9 Å². The summed E-state index contributed by atoms with van der Waals surface area (Å²) in [6.45, 7) is 1.90. The van der Waals surface area contributed by atoms with Crippen molar-refractivity contribution in [1.29, 1.82) is 0 Å². The maximum atomic E-state index is 12.8. The van der Waals surface area contributed by atoms with Crippen LogP contribution in [-0.2, 0) is 27.3 Å². The van der Waals surface area contributed by atoms with E-state index in [1.54, 1.807) is 24.3 Å². The van der Waals surface area contributed by atoms with Crippen molar-refractivity contribution >= 4 is 19.7 Å². The number of hydrogen-bond donors (Lipinski definition) is 0. The van der Waals surface area contributed by atoms with E-state index in [9.17, 15) is 8.42 Å². The Kier molecular flexibility index (Phi) is 10.7. The van der Waals surface area contributed by atoms with Crippen molar-refractivity contribution in [2.24, 2.45) is 0 Å². The first-order valence-electron chi connectivity index (χ1n) is 8.45. The first-order chi connectivity index (χ1) is 13.5. The van der Waals surface area contributed by atoms with Gasteiger partial charge in [-0.1, -0.05) is 89.5 Å². The van der Waals surface area contributed by atoms with E-state index >= 15 is 0 Å². The molecule has 0 aliphatic heterocycles. The average Bonchev–Trinajstić information content (AvgIpc) is 2.74. The van der Waals surface area contributed by atoms with Crippen molar-refractivity contribution < 1.29 is 25.7 Å². The van der Waals surface area contributed by atoms with Gasteiger partial charge in [0.2, 0.25) is 0 Å². The molecule has 0 saturated heterocycles. The molecule has 4 nitrogen and oxygen atoms in total. The maximum absolute atomic E-state index is 12.8.